The number of amides is 1. The smallest absolute Gasteiger partial charge is 0.417 e. The zero-order valence-corrected chi connectivity index (χ0v) is 25.7. The number of alkyl halides is 3. The Bertz CT molecular complexity index is 1580. The number of carbonyl (C=O) groups is 1. The molecule has 0 aliphatic carbocycles. The molecular formula is C30H36F5N5O5. The Labute approximate surface area is 256 Å². The standard InChI is InChI=1S/C30H36F5N5O5/c1-15-20(17-7-8-18(31)21(32)23(17)43-6)24(44-29(15,5)30(33,34)35)25-37-19-9-10-36-26(22(19)38-25)39-11-12-40(16(13-39)14-41)27(42)45-28(2,3)4/h7-10,15-16,20,24,41H,11-14H2,1-6H3,(H,37,38)/t15-,16+,20-,24+,29+/m0/s1. The lowest BCUT2D eigenvalue weighted by molar-refractivity contribution is -0.275. The van der Waals surface area contributed by atoms with E-state index in [1.54, 1.807) is 26.8 Å². The lowest BCUT2D eigenvalue weighted by atomic mass is 9.77. The molecule has 2 aliphatic rings. The average Bonchev–Trinajstić information content (AvgIpc) is 3.52. The minimum Gasteiger partial charge on any atom is -0.493 e. The molecule has 15 heteroatoms. The number of fused-ring (bicyclic) bond motifs is 1. The van der Waals surface area contributed by atoms with Gasteiger partial charge in [-0.15, -0.1) is 0 Å². The van der Waals surface area contributed by atoms with Crippen LogP contribution in [-0.4, -0.2) is 87.8 Å². The van der Waals surface area contributed by atoms with E-state index in [1.807, 2.05) is 4.90 Å². The monoisotopic (exact) mass is 641 g/mol. The molecule has 4 heterocycles. The van der Waals surface area contributed by atoms with Crippen molar-refractivity contribution in [1.29, 1.82) is 0 Å². The van der Waals surface area contributed by atoms with Crippen molar-refractivity contribution in [2.24, 2.45) is 5.92 Å². The highest BCUT2D eigenvalue weighted by atomic mass is 19.4. The van der Waals surface area contributed by atoms with Gasteiger partial charge in [0.15, 0.2) is 23.0 Å². The van der Waals surface area contributed by atoms with Crippen LogP contribution in [0.4, 0.5) is 32.6 Å². The fourth-order valence-electron chi connectivity index (χ4n) is 6.12. The van der Waals surface area contributed by atoms with Crippen molar-refractivity contribution in [2.75, 3.05) is 38.3 Å². The first-order chi connectivity index (χ1) is 21.0. The molecule has 2 aromatic heterocycles. The first-order valence-electron chi connectivity index (χ1n) is 14.5. The van der Waals surface area contributed by atoms with Crippen molar-refractivity contribution in [1.82, 2.24) is 19.9 Å². The molecule has 5 atom stereocenters. The summed E-state index contributed by atoms with van der Waals surface area (Å²) >= 11 is 0. The molecule has 2 fully saturated rings. The van der Waals surface area contributed by atoms with Gasteiger partial charge in [-0.3, -0.25) is 4.90 Å². The Balaban J connectivity index is 1.54. The molecule has 0 radical (unpaired) electrons. The summed E-state index contributed by atoms with van der Waals surface area (Å²) < 4.78 is 88.7. The molecule has 1 aromatic carbocycles. The molecule has 3 aromatic rings. The van der Waals surface area contributed by atoms with Crippen molar-refractivity contribution >= 4 is 22.9 Å². The number of rotatable bonds is 5. The number of methoxy groups -OCH3 is 1. The highest BCUT2D eigenvalue weighted by Gasteiger charge is 2.65. The fraction of sp³-hybridized carbons (Fsp3) is 0.567. The fourth-order valence-corrected chi connectivity index (χ4v) is 6.12. The topological polar surface area (TPSA) is 113 Å². The second kappa shape index (κ2) is 11.6. The van der Waals surface area contributed by atoms with Crippen LogP contribution in [-0.2, 0) is 9.47 Å². The van der Waals surface area contributed by atoms with Crippen molar-refractivity contribution in [3.05, 3.63) is 47.4 Å². The van der Waals surface area contributed by atoms with E-state index in [9.17, 15) is 31.9 Å². The molecule has 45 heavy (non-hydrogen) atoms. The molecule has 0 bridgehead atoms. The third kappa shape index (κ3) is 5.75. The van der Waals surface area contributed by atoms with Gasteiger partial charge >= 0.3 is 12.3 Å². The quantitative estimate of drug-likeness (QED) is 0.353. The van der Waals surface area contributed by atoms with Gasteiger partial charge in [0.25, 0.3) is 0 Å². The number of aromatic nitrogens is 3. The summed E-state index contributed by atoms with van der Waals surface area (Å²) in [4.78, 5) is 28.2. The molecule has 246 valence electrons. The van der Waals surface area contributed by atoms with Crippen LogP contribution < -0.4 is 9.64 Å². The van der Waals surface area contributed by atoms with E-state index in [-0.39, 0.29) is 31.1 Å². The molecule has 10 nitrogen and oxygen atoms in total. The van der Waals surface area contributed by atoms with Crippen molar-refractivity contribution < 1.29 is 46.1 Å². The molecule has 0 unspecified atom stereocenters. The van der Waals surface area contributed by atoms with Gasteiger partial charge in [-0.2, -0.15) is 17.6 Å². The number of halogens is 5. The highest BCUT2D eigenvalue weighted by Crippen LogP contribution is 2.59. The molecule has 2 N–H and O–H groups in total. The zero-order chi connectivity index (χ0) is 33.1. The molecule has 2 saturated heterocycles. The molecule has 5 rings (SSSR count). The van der Waals surface area contributed by atoms with Crippen molar-refractivity contribution in [3.63, 3.8) is 0 Å². The second-order valence-corrected chi connectivity index (χ2v) is 12.6. The Morgan fingerprint density at radius 2 is 1.91 bits per heavy atom. The summed E-state index contributed by atoms with van der Waals surface area (Å²) in [6, 6.07) is 3.02. The lowest BCUT2D eigenvalue weighted by Crippen LogP contribution is -2.57. The van der Waals surface area contributed by atoms with Gasteiger partial charge in [-0.25, -0.2) is 19.2 Å². The lowest BCUT2D eigenvalue weighted by Gasteiger charge is -2.41. The maximum Gasteiger partial charge on any atom is 0.417 e. The van der Waals surface area contributed by atoms with Crippen LogP contribution in [0.25, 0.3) is 11.0 Å². The number of nitrogens with one attached hydrogen (secondary N) is 1. The van der Waals surface area contributed by atoms with Crippen molar-refractivity contribution in [2.45, 2.75) is 70.1 Å². The van der Waals surface area contributed by atoms with Gasteiger partial charge in [0.05, 0.1) is 25.3 Å². The molecule has 1 amide bonds. The summed E-state index contributed by atoms with van der Waals surface area (Å²) in [5.74, 6) is -5.03. The summed E-state index contributed by atoms with van der Waals surface area (Å²) in [5, 5.41) is 10.1. The van der Waals surface area contributed by atoms with Crippen LogP contribution in [0.5, 0.6) is 5.75 Å². The highest BCUT2D eigenvalue weighted by molar-refractivity contribution is 5.86. The van der Waals surface area contributed by atoms with Crippen LogP contribution in [0.15, 0.2) is 24.4 Å². The minimum absolute atomic E-state index is 0.00438. The molecule has 0 saturated carbocycles. The van der Waals surface area contributed by atoms with Gasteiger partial charge < -0.3 is 29.2 Å². The Morgan fingerprint density at radius 3 is 2.53 bits per heavy atom. The predicted molar refractivity (Wildman–Crippen MR) is 153 cm³/mol. The normalized spacial score (nSPS) is 26.0. The number of anilines is 1. The summed E-state index contributed by atoms with van der Waals surface area (Å²) in [5.41, 5.74) is -2.62. The van der Waals surface area contributed by atoms with E-state index in [2.05, 4.69) is 15.0 Å². The number of benzene rings is 1. The van der Waals surface area contributed by atoms with Crippen LogP contribution in [0.3, 0.4) is 0 Å². The maximum absolute atomic E-state index is 14.8. The first kappa shape index (κ1) is 32.7. The second-order valence-electron chi connectivity index (χ2n) is 12.6. The number of piperazine rings is 1. The van der Waals surface area contributed by atoms with Gasteiger partial charge in [0.1, 0.15) is 23.0 Å². The number of hydrogen-bond donors (Lipinski definition) is 2. The molecule has 2 aliphatic heterocycles. The number of H-pyrrole nitrogens is 1. The van der Waals surface area contributed by atoms with E-state index in [0.29, 0.717) is 23.4 Å². The summed E-state index contributed by atoms with van der Waals surface area (Å²) in [6.07, 6.45) is -5.23. The third-order valence-electron chi connectivity index (χ3n) is 8.60. The predicted octanol–water partition coefficient (Wildman–Crippen LogP) is 5.47. The Kier molecular flexibility index (Phi) is 8.40. The number of pyridine rings is 1. The maximum atomic E-state index is 14.8. The Hall–Kier alpha value is -3.72. The van der Waals surface area contributed by atoms with Gasteiger partial charge in [0.2, 0.25) is 5.82 Å². The zero-order valence-electron chi connectivity index (χ0n) is 25.7. The number of nitrogens with zero attached hydrogens (tertiary/aromatic N) is 4. The Morgan fingerprint density at radius 1 is 1.20 bits per heavy atom. The number of hydrogen-bond acceptors (Lipinski definition) is 8. The van der Waals surface area contributed by atoms with Crippen LogP contribution >= 0.6 is 0 Å². The van der Waals surface area contributed by atoms with E-state index in [1.165, 1.54) is 24.1 Å². The number of ether oxygens (including phenoxy) is 3. The van der Waals surface area contributed by atoms with Crippen LogP contribution in [0, 0.1) is 17.6 Å². The minimum atomic E-state index is -4.81. The summed E-state index contributed by atoms with van der Waals surface area (Å²) in [7, 11) is 1.11. The number of aliphatic hydroxyl groups is 1. The number of carbonyl (C=O) groups excluding carboxylic acids is 1. The van der Waals surface area contributed by atoms with Crippen molar-refractivity contribution in [3.8, 4) is 5.75 Å². The summed E-state index contributed by atoms with van der Waals surface area (Å²) in [6.45, 7) is 7.85. The number of imidazole rings is 1. The van der Waals surface area contributed by atoms with E-state index in [0.717, 1.165) is 20.1 Å². The number of aliphatic hydroxyl groups excluding tert-OH is 1. The van der Waals surface area contributed by atoms with E-state index >= 15 is 0 Å². The van der Waals surface area contributed by atoms with Crippen LogP contribution in [0.2, 0.25) is 0 Å². The number of aromatic amines is 1. The van der Waals surface area contributed by atoms with E-state index < -0.39 is 64.8 Å². The molecular weight excluding hydrogens is 605 g/mol. The third-order valence-corrected chi connectivity index (χ3v) is 8.60. The average molecular weight is 642 g/mol. The molecule has 0 spiro atoms. The van der Waals surface area contributed by atoms with Crippen LogP contribution in [0.1, 0.15) is 58.0 Å². The van der Waals surface area contributed by atoms with Gasteiger partial charge in [-0.05, 0) is 39.8 Å². The van der Waals surface area contributed by atoms with Gasteiger partial charge in [-0.1, -0.05) is 13.0 Å². The SMILES string of the molecule is COc1c([C@H]2[C@H](c3nc4c(N5CCN(C(=O)OC(C)(C)C)[C@@H](CO)C5)nccc4[nH]3)O[C@@](C)(C(F)(F)F)[C@H]2C)ccc(F)c1F. The largest absolute Gasteiger partial charge is 0.493 e. The van der Waals surface area contributed by atoms with Gasteiger partial charge in [0, 0.05) is 43.2 Å². The van der Waals surface area contributed by atoms with E-state index in [4.69, 9.17) is 14.2 Å². The first-order valence-corrected chi connectivity index (χ1v) is 14.5.